The third-order valence-corrected chi connectivity index (χ3v) is 3.96. The normalized spacial score (nSPS) is 15.0. The topological polar surface area (TPSA) is 55.9 Å². The minimum atomic E-state index is -0.189. The average molecular weight is 304 g/mol. The highest BCUT2D eigenvalue weighted by Crippen LogP contribution is 2.27. The Morgan fingerprint density at radius 1 is 1.27 bits per heavy atom. The lowest BCUT2D eigenvalue weighted by atomic mass is 10.1. The van der Waals surface area contributed by atoms with Crippen molar-refractivity contribution >= 4 is 23.2 Å². The molecule has 2 amide bonds. The largest absolute Gasteiger partial charge is 0.373 e. The second-order valence-corrected chi connectivity index (χ2v) is 5.93. The first kappa shape index (κ1) is 16.3. The van der Waals surface area contributed by atoms with Gasteiger partial charge in [-0.05, 0) is 24.7 Å². The van der Waals surface area contributed by atoms with Crippen molar-refractivity contribution in [3.63, 3.8) is 0 Å². The number of nitrogens with one attached hydrogen (secondary N) is 1. The van der Waals surface area contributed by atoms with E-state index in [1.807, 2.05) is 12.1 Å². The second kappa shape index (κ2) is 6.79. The van der Waals surface area contributed by atoms with Gasteiger partial charge in [0.15, 0.2) is 0 Å². The van der Waals surface area contributed by atoms with E-state index < -0.39 is 0 Å². The van der Waals surface area contributed by atoms with E-state index in [2.05, 4.69) is 35.3 Å². The molecule has 0 saturated heterocycles. The molecule has 1 aromatic rings. The summed E-state index contributed by atoms with van der Waals surface area (Å²) in [4.78, 5) is 29.0. The molecule has 1 N–H and O–H groups in total. The molecule has 0 bridgehead atoms. The Balaban J connectivity index is 2.10. The zero-order chi connectivity index (χ0) is 16.3. The Bertz CT molecular complexity index is 573. The smallest absolute Gasteiger partial charge is 0.243 e. The summed E-state index contributed by atoms with van der Waals surface area (Å²) in [5, 5.41) is 2.86. The van der Waals surface area contributed by atoms with Gasteiger partial charge >= 0.3 is 0 Å². The molecule has 1 aliphatic heterocycles. The lowest BCUT2D eigenvalue weighted by molar-refractivity contribution is -0.131. The molecule has 0 spiro atoms. The van der Waals surface area contributed by atoms with Crippen molar-refractivity contribution in [2.45, 2.75) is 13.5 Å². The highest BCUT2D eigenvalue weighted by atomic mass is 16.2. The molecule has 0 radical (unpaired) electrons. The lowest BCUT2D eigenvalue weighted by Gasteiger charge is -2.20. The Kier molecular flexibility index (Phi) is 5.03. The van der Waals surface area contributed by atoms with Gasteiger partial charge in [0.1, 0.15) is 0 Å². The molecule has 2 rings (SSSR count). The quantitative estimate of drug-likeness (QED) is 0.904. The first-order chi connectivity index (χ1) is 10.4. The molecule has 120 valence electrons. The van der Waals surface area contributed by atoms with Crippen LogP contribution < -0.4 is 10.2 Å². The Morgan fingerprint density at radius 2 is 2.00 bits per heavy atom. The van der Waals surface area contributed by atoms with Crippen molar-refractivity contribution in [2.24, 2.45) is 0 Å². The number of anilines is 2. The monoisotopic (exact) mass is 304 g/mol. The SMILES string of the molecule is CC(=O)N(C)CC(=O)Nc1ccc2c(c1)N(C)CCN(C)C2. The van der Waals surface area contributed by atoms with Crippen molar-refractivity contribution in [1.29, 1.82) is 0 Å². The zero-order valence-electron chi connectivity index (χ0n) is 13.7. The average Bonchev–Trinajstić information content (AvgIpc) is 2.58. The number of nitrogens with zero attached hydrogens (tertiary/aromatic N) is 3. The summed E-state index contributed by atoms with van der Waals surface area (Å²) in [5.41, 5.74) is 3.15. The fourth-order valence-electron chi connectivity index (χ4n) is 2.47. The fourth-order valence-corrected chi connectivity index (χ4v) is 2.47. The van der Waals surface area contributed by atoms with Crippen LogP contribution in [0.3, 0.4) is 0 Å². The van der Waals surface area contributed by atoms with Gasteiger partial charge in [-0.25, -0.2) is 0 Å². The standard InChI is InChI=1S/C16H24N4O2/c1-12(21)20(4)11-16(22)17-14-6-5-13-10-18(2)7-8-19(3)15(13)9-14/h5-6,9H,7-8,10-11H2,1-4H3,(H,17,22). The molecule has 0 saturated carbocycles. The third-order valence-electron chi connectivity index (χ3n) is 3.96. The second-order valence-electron chi connectivity index (χ2n) is 5.93. The number of amides is 2. The van der Waals surface area contributed by atoms with Crippen LogP contribution in [0.5, 0.6) is 0 Å². The number of fused-ring (bicyclic) bond motifs is 1. The van der Waals surface area contributed by atoms with Gasteiger partial charge in [-0.3, -0.25) is 9.59 Å². The number of carbonyl (C=O) groups excluding carboxylic acids is 2. The van der Waals surface area contributed by atoms with Crippen molar-refractivity contribution in [1.82, 2.24) is 9.80 Å². The van der Waals surface area contributed by atoms with E-state index in [4.69, 9.17) is 0 Å². The van der Waals surface area contributed by atoms with Crippen LogP contribution in [-0.4, -0.2) is 62.4 Å². The van der Waals surface area contributed by atoms with Crippen molar-refractivity contribution in [3.05, 3.63) is 23.8 Å². The summed E-state index contributed by atoms with van der Waals surface area (Å²) in [7, 11) is 5.78. The van der Waals surface area contributed by atoms with Crippen LogP contribution >= 0.6 is 0 Å². The van der Waals surface area contributed by atoms with Crippen LogP contribution in [0, 0.1) is 0 Å². The number of carbonyl (C=O) groups is 2. The molecule has 6 nitrogen and oxygen atoms in total. The van der Waals surface area contributed by atoms with Crippen LogP contribution in [-0.2, 0) is 16.1 Å². The number of hydrogen-bond acceptors (Lipinski definition) is 4. The van der Waals surface area contributed by atoms with Crippen LogP contribution in [0.2, 0.25) is 0 Å². The van der Waals surface area contributed by atoms with Crippen molar-refractivity contribution < 1.29 is 9.59 Å². The lowest BCUT2D eigenvalue weighted by Crippen LogP contribution is -2.33. The molecule has 22 heavy (non-hydrogen) atoms. The van der Waals surface area contributed by atoms with Crippen LogP contribution in [0.1, 0.15) is 12.5 Å². The van der Waals surface area contributed by atoms with E-state index in [9.17, 15) is 9.59 Å². The molecule has 0 aromatic heterocycles. The summed E-state index contributed by atoms with van der Waals surface area (Å²) < 4.78 is 0. The predicted octanol–water partition coefficient (Wildman–Crippen LogP) is 0.985. The Hall–Kier alpha value is -2.08. The van der Waals surface area contributed by atoms with Gasteiger partial charge in [-0.2, -0.15) is 0 Å². The van der Waals surface area contributed by atoms with Gasteiger partial charge < -0.3 is 20.0 Å². The Morgan fingerprint density at radius 3 is 2.68 bits per heavy atom. The van der Waals surface area contributed by atoms with E-state index >= 15 is 0 Å². The first-order valence-corrected chi connectivity index (χ1v) is 7.41. The molecule has 0 unspecified atom stereocenters. The van der Waals surface area contributed by atoms with Crippen LogP contribution in [0.25, 0.3) is 0 Å². The number of hydrogen-bond donors (Lipinski definition) is 1. The van der Waals surface area contributed by atoms with E-state index in [1.165, 1.54) is 17.4 Å². The van der Waals surface area contributed by atoms with Gasteiger partial charge in [0.25, 0.3) is 0 Å². The Labute approximate surface area is 131 Å². The summed E-state index contributed by atoms with van der Waals surface area (Å²) in [5.74, 6) is -0.314. The highest BCUT2D eigenvalue weighted by Gasteiger charge is 2.16. The maximum atomic E-state index is 12.0. The molecule has 6 heteroatoms. The number of benzene rings is 1. The first-order valence-electron chi connectivity index (χ1n) is 7.41. The predicted molar refractivity (Wildman–Crippen MR) is 88.0 cm³/mol. The fraction of sp³-hybridized carbons (Fsp3) is 0.500. The zero-order valence-corrected chi connectivity index (χ0v) is 13.7. The van der Waals surface area contributed by atoms with E-state index in [1.54, 1.807) is 7.05 Å². The van der Waals surface area contributed by atoms with E-state index in [0.717, 1.165) is 31.0 Å². The minimum absolute atomic E-state index is 0.0605. The maximum absolute atomic E-state index is 12.0. The van der Waals surface area contributed by atoms with Crippen molar-refractivity contribution in [3.8, 4) is 0 Å². The molecule has 0 aliphatic carbocycles. The maximum Gasteiger partial charge on any atom is 0.243 e. The minimum Gasteiger partial charge on any atom is -0.373 e. The van der Waals surface area contributed by atoms with Gasteiger partial charge in [0, 0.05) is 52.0 Å². The van der Waals surface area contributed by atoms with E-state index in [-0.39, 0.29) is 18.4 Å². The number of rotatable bonds is 3. The molecule has 1 heterocycles. The van der Waals surface area contributed by atoms with Crippen LogP contribution in [0.15, 0.2) is 18.2 Å². The third kappa shape index (κ3) is 3.98. The summed E-state index contributed by atoms with van der Waals surface area (Å²) in [6.07, 6.45) is 0. The number of likely N-dealkylation sites (N-methyl/N-ethyl adjacent to an activating group) is 3. The molecule has 0 fully saturated rings. The molecule has 1 aromatic carbocycles. The van der Waals surface area contributed by atoms with Crippen molar-refractivity contribution in [2.75, 3.05) is 51.0 Å². The molecule has 1 aliphatic rings. The molecule has 0 atom stereocenters. The van der Waals surface area contributed by atoms with E-state index in [0.29, 0.717) is 0 Å². The van der Waals surface area contributed by atoms with Gasteiger partial charge in [-0.1, -0.05) is 6.07 Å². The summed E-state index contributed by atoms with van der Waals surface area (Å²) in [6, 6.07) is 5.97. The summed E-state index contributed by atoms with van der Waals surface area (Å²) in [6.45, 7) is 4.37. The summed E-state index contributed by atoms with van der Waals surface area (Å²) >= 11 is 0. The van der Waals surface area contributed by atoms with Crippen LogP contribution in [0.4, 0.5) is 11.4 Å². The van der Waals surface area contributed by atoms with Gasteiger partial charge in [-0.15, -0.1) is 0 Å². The van der Waals surface area contributed by atoms with Gasteiger partial charge in [0.05, 0.1) is 6.54 Å². The van der Waals surface area contributed by atoms with Gasteiger partial charge in [0.2, 0.25) is 11.8 Å². The highest BCUT2D eigenvalue weighted by molar-refractivity contribution is 5.94. The molecular weight excluding hydrogens is 280 g/mol. The molecular formula is C16H24N4O2.